The van der Waals surface area contributed by atoms with Gasteiger partial charge in [-0.2, -0.15) is 0 Å². The first-order valence-electron chi connectivity index (χ1n) is 8.54. The first-order valence-corrected chi connectivity index (χ1v) is 8.54. The quantitative estimate of drug-likeness (QED) is 0.839. The summed E-state index contributed by atoms with van der Waals surface area (Å²) in [5, 5.41) is 0. The van der Waals surface area contributed by atoms with Gasteiger partial charge in [0, 0.05) is 13.1 Å². The monoisotopic (exact) mass is 331 g/mol. The van der Waals surface area contributed by atoms with Gasteiger partial charge in [-0.05, 0) is 38.6 Å². The van der Waals surface area contributed by atoms with Gasteiger partial charge in [-0.1, -0.05) is 18.6 Å². The topological polar surface area (TPSA) is 53.1 Å². The molecule has 130 valence electrons. The van der Waals surface area contributed by atoms with E-state index in [1.54, 1.807) is 16.9 Å². The fraction of sp³-hybridized carbons (Fsp3) is 0.556. The van der Waals surface area contributed by atoms with Crippen LogP contribution in [0.5, 0.6) is 5.75 Å². The Morgan fingerprint density at radius 2 is 1.96 bits per heavy atom. The summed E-state index contributed by atoms with van der Waals surface area (Å²) in [6, 6.07) is 7.41. The maximum Gasteiger partial charge on any atom is 0.246 e. The van der Waals surface area contributed by atoms with Crippen molar-refractivity contribution in [2.75, 3.05) is 45.2 Å². The molecule has 3 rings (SSSR count). The summed E-state index contributed by atoms with van der Waals surface area (Å²) >= 11 is 0. The molecule has 2 aliphatic rings. The Labute approximate surface area is 143 Å². The third kappa shape index (κ3) is 3.24. The maximum absolute atomic E-state index is 12.8. The zero-order valence-corrected chi connectivity index (χ0v) is 14.4. The van der Waals surface area contributed by atoms with Crippen molar-refractivity contribution in [3.8, 4) is 5.75 Å². The van der Waals surface area contributed by atoms with Gasteiger partial charge >= 0.3 is 0 Å². The van der Waals surface area contributed by atoms with Crippen LogP contribution in [0.3, 0.4) is 0 Å². The van der Waals surface area contributed by atoms with Gasteiger partial charge in [-0.25, -0.2) is 0 Å². The summed E-state index contributed by atoms with van der Waals surface area (Å²) in [6.45, 7) is 2.15. The highest BCUT2D eigenvalue weighted by Crippen LogP contribution is 2.29. The Balaban J connectivity index is 1.69. The van der Waals surface area contributed by atoms with Crippen molar-refractivity contribution < 1.29 is 14.3 Å². The molecule has 0 N–H and O–H groups in total. The van der Waals surface area contributed by atoms with E-state index in [0.29, 0.717) is 18.8 Å². The lowest BCUT2D eigenvalue weighted by Crippen LogP contribution is -2.57. The second kappa shape index (κ2) is 7.21. The van der Waals surface area contributed by atoms with Crippen LogP contribution in [0, 0.1) is 0 Å². The zero-order valence-electron chi connectivity index (χ0n) is 14.4. The molecule has 0 saturated carbocycles. The number of carbonyl (C=O) groups is 2. The summed E-state index contributed by atoms with van der Waals surface area (Å²) in [5.41, 5.74) is 0.770. The van der Waals surface area contributed by atoms with Crippen LogP contribution in [-0.4, -0.2) is 68.0 Å². The minimum atomic E-state index is -0.0793. The first kappa shape index (κ1) is 16.8. The molecule has 6 nitrogen and oxygen atoms in total. The molecule has 2 aliphatic heterocycles. The van der Waals surface area contributed by atoms with E-state index < -0.39 is 0 Å². The van der Waals surface area contributed by atoms with Crippen molar-refractivity contribution in [2.45, 2.75) is 25.3 Å². The molecule has 2 amide bonds. The molecule has 2 fully saturated rings. The molecule has 1 unspecified atom stereocenters. The number of piperazine rings is 1. The number of benzene rings is 1. The molecule has 24 heavy (non-hydrogen) atoms. The average Bonchev–Trinajstić information content (AvgIpc) is 2.61. The van der Waals surface area contributed by atoms with Crippen LogP contribution in [0.25, 0.3) is 0 Å². The average molecular weight is 331 g/mol. The summed E-state index contributed by atoms with van der Waals surface area (Å²) in [7, 11) is 3.59. The van der Waals surface area contributed by atoms with Crippen molar-refractivity contribution >= 4 is 17.5 Å². The number of piperidine rings is 1. The minimum absolute atomic E-state index is 0.0578. The van der Waals surface area contributed by atoms with Gasteiger partial charge in [-0.3, -0.25) is 14.5 Å². The minimum Gasteiger partial charge on any atom is -0.495 e. The third-order valence-electron chi connectivity index (χ3n) is 4.96. The first-order chi connectivity index (χ1) is 11.6. The van der Waals surface area contributed by atoms with E-state index in [0.717, 1.165) is 31.5 Å². The molecule has 0 bridgehead atoms. The number of likely N-dealkylation sites (N-methyl/N-ethyl adjacent to an activating group) is 1. The number of para-hydroxylation sites is 2. The van der Waals surface area contributed by atoms with Gasteiger partial charge in [0.25, 0.3) is 0 Å². The Morgan fingerprint density at radius 1 is 1.17 bits per heavy atom. The largest absolute Gasteiger partial charge is 0.495 e. The lowest BCUT2D eigenvalue weighted by molar-refractivity contribution is -0.142. The van der Waals surface area contributed by atoms with Crippen molar-refractivity contribution in [2.24, 2.45) is 0 Å². The molecule has 0 radical (unpaired) electrons. The zero-order chi connectivity index (χ0) is 17.1. The van der Waals surface area contributed by atoms with Crippen LogP contribution in [0.4, 0.5) is 5.69 Å². The van der Waals surface area contributed by atoms with Crippen molar-refractivity contribution in [3.63, 3.8) is 0 Å². The highest BCUT2D eigenvalue weighted by atomic mass is 16.5. The number of hydrogen-bond donors (Lipinski definition) is 0. The normalized spacial score (nSPS) is 22.6. The fourth-order valence-electron chi connectivity index (χ4n) is 3.57. The Kier molecular flexibility index (Phi) is 5.04. The number of carbonyl (C=O) groups excluding carboxylic acids is 2. The predicted octanol–water partition coefficient (Wildman–Crippen LogP) is 1.35. The smallest absolute Gasteiger partial charge is 0.246 e. The molecule has 0 aliphatic carbocycles. The number of methoxy groups -OCH3 is 1. The molecule has 1 aromatic rings. The Morgan fingerprint density at radius 3 is 2.67 bits per heavy atom. The molecule has 6 heteroatoms. The number of ether oxygens (including phenoxy) is 1. The van der Waals surface area contributed by atoms with E-state index in [4.69, 9.17) is 4.74 Å². The van der Waals surface area contributed by atoms with Gasteiger partial charge in [0.2, 0.25) is 11.8 Å². The van der Waals surface area contributed by atoms with E-state index in [2.05, 4.69) is 4.90 Å². The molecule has 2 heterocycles. The SMILES string of the molecule is COc1ccccc1N1CCN(C(=O)C2CCCCN2C)CC1=O. The van der Waals surface area contributed by atoms with Crippen LogP contribution >= 0.6 is 0 Å². The van der Waals surface area contributed by atoms with Crippen molar-refractivity contribution in [1.29, 1.82) is 0 Å². The van der Waals surface area contributed by atoms with E-state index in [9.17, 15) is 9.59 Å². The standard InChI is InChI=1S/C18H25N3O3/c1-19-10-6-5-8-15(19)18(23)20-11-12-21(17(22)13-20)14-7-3-4-9-16(14)24-2/h3-4,7,9,15H,5-6,8,10-13H2,1-2H3. The lowest BCUT2D eigenvalue weighted by atomic mass is 10.0. The second-order valence-corrected chi connectivity index (χ2v) is 6.47. The number of likely N-dealkylation sites (tertiary alicyclic amines) is 1. The fourth-order valence-corrected chi connectivity index (χ4v) is 3.57. The van der Waals surface area contributed by atoms with Crippen molar-refractivity contribution in [1.82, 2.24) is 9.80 Å². The molecule has 1 aromatic carbocycles. The number of anilines is 1. The third-order valence-corrected chi connectivity index (χ3v) is 4.96. The van der Waals surface area contributed by atoms with E-state index in [1.807, 2.05) is 31.3 Å². The van der Waals surface area contributed by atoms with E-state index in [1.165, 1.54) is 0 Å². The van der Waals surface area contributed by atoms with Crippen LogP contribution < -0.4 is 9.64 Å². The van der Waals surface area contributed by atoms with Crippen LogP contribution in [0.2, 0.25) is 0 Å². The summed E-state index contributed by atoms with van der Waals surface area (Å²) in [6.07, 6.45) is 3.10. The molecule has 1 atom stereocenters. The van der Waals surface area contributed by atoms with Gasteiger partial charge in [-0.15, -0.1) is 0 Å². The summed E-state index contributed by atoms with van der Waals surface area (Å²) in [5.74, 6) is 0.709. The molecular formula is C18H25N3O3. The highest BCUT2D eigenvalue weighted by Gasteiger charge is 2.34. The molecule has 0 aromatic heterocycles. The van der Waals surface area contributed by atoms with Gasteiger partial charge in [0.05, 0.1) is 18.8 Å². The molecule has 0 spiro atoms. The lowest BCUT2D eigenvalue weighted by Gasteiger charge is -2.39. The molecular weight excluding hydrogens is 306 g/mol. The highest BCUT2D eigenvalue weighted by molar-refractivity contribution is 5.99. The van der Waals surface area contributed by atoms with Crippen LogP contribution in [0.15, 0.2) is 24.3 Å². The Hall–Kier alpha value is -2.08. The summed E-state index contributed by atoms with van der Waals surface area (Å²) < 4.78 is 5.35. The van der Waals surface area contributed by atoms with Gasteiger partial charge in [0.15, 0.2) is 0 Å². The number of nitrogens with zero attached hydrogens (tertiary/aromatic N) is 3. The number of amides is 2. The van der Waals surface area contributed by atoms with Crippen molar-refractivity contribution in [3.05, 3.63) is 24.3 Å². The predicted molar refractivity (Wildman–Crippen MR) is 92.2 cm³/mol. The van der Waals surface area contributed by atoms with E-state index >= 15 is 0 Å². The van der Waals surface area contributed by atoms with Gasteiger partial charge in [0.1, 0.15) is 12.3 Å². The number of hydrogen-bond acceptors (Lipinski definition) is 4. The Bertz CT molecular complexity index is 619. The van der Waals surface area contributed by atoms with Crippen LogP contribution in [0.1, 0.15) is 19.3 Å². The maximum atomic E-state index is 12.8. The molecule has 2 saturated heterocycles. The number of rotatable bonds is 3. The van der Waals surface area contributed by atoms with E-state index in [-0.39, 0.29) is 24.4 Å². The van der Waals surface area contributed by atoms with Crippen LogP contribution in [-0.2, 0) is 9.59 Å². The summed E-state index contributed by atoms with van der Waals surface area (Å²) in [4.78, 5) is 30.9. The van der Waals surface area contributed by atoms with Gasteiger partial charge < -0.3 is 14.5 Å². The second-order valence-electron chi connectivity index (χ2n) is 6.47.